The first-order valence-corrected chi connectivity index (χ1v) is 7.90. The zero-order chi connectivity index (χ0) is 14.8. The van der Waals surface area contributed by atoms with Gasteiger partial charge in [0.25, 0.3) is 0 Å². The van der Waals surface area contributed by atoms with E-state index in [0.717, 1.165) is 25.8 Å². The number of rotatable bonds is 10. The highest BCUT2D eigenvalue weighted by Gasteiger charge is 2.16. The Bertz CT molecular complexity index is 241. The fourth-order valence-electron chi connectivity index (χ4n) is 2.52. The first kappa shape index (κ1) is 18.4. The van der Waals surface area contributed by atoms with Gasteiger partial charge in [-0.05, 0) is 50.5 Å². The Hall–Kier alpha value is -0.570. The lowest BCUT2D eigenvalue weighted by Crippen LogP contribution is -2.34. The van der Waals surface area contributed by atoms with Gasteiger partial charge in [-0.25, -0.2) is 0 Å². The van der Waals surface area contributed by atoms with Crippen LogP contribution in [-0.2, 0) is 4.79 Å². The average molecular weight is 270 g/mol. The van der Waals surface area contributed by atoms with Crippen molar-refractivity contribution in [1.82, 2.24) is 5.32 Å². The number of nitrogens with one attached hydrogen (secondary N) is 1. The van der Waals surface area contributed by atoms with Gasteiger partial charge < -0.3 is 11.1 Å². The molecule has 3 unspecified atom stereocenters. The molecular formula is C16H34N2O. The maximum atomic E-state index is 11.9. The van der Waals surface area contributed by atoms with Crippen LogP contribution in [0.2, 0.25) is 0 Å². The second kappa shape index (κ2) is 10.2. The summed E-state index contributed by atoms with van der Waals surface area (Å²) in [5.74, 6) is 2.05. The smallest absolute Gasteiger partial charge is 0.220 e. The molecule has 19 heavy (non-hydrogen) atoms. The highest BCUT2D eigenvalue weighted by Crippen LogP contribution is 2.20. The largest absolute Gasteiger partial charge is 0.354 e. The standard InChI is InChI=1S/C16H34N2O/c1-6-13(4)11-14(5)18-16(19)8-7-15(9-10-17)12(2)3/h12-15H,6-11,17H2,1-5H3,(H,18,19). The van der Waals surface area contributed by atoms with Gasteiger partial charge in [0.15, 0.2) is 0 Å². The molecule has 0 bridgehead atoms. The van der Waals surface area contributed by atoms with Crippen molar-refractivity contribution >= 4 is 5.91 Å². The summed E-state index contributed by atoms with van der Waals surface area (Å²) < 4.78 is 0. The molecule has 0 saturated heterocycles. The van der Waals surface area contributed by atoms with Gasteiger partial charge in [-0.1, -0.05) is 34.1 Å². The van der Waals surface area contributed by atoms with Crippen molar-refractivity contribution in [3.8, 4) is 0 Å². The lowest BCUT2D eigenvalue weighted by molar-refractivity contribution is -0.122. The summed E-state index contributed by atoms with van der Waals surface area (Å²) in [5, 5.41) is 3.11. The van der Waals surface area contributed by atoms with Crippen molar-refractivity contribution < 1.29 is 4.79 Å². The molecule has 0 fully saturated rings. The van der Waals surface area contributed by atoms with Crippen molar-refractivity contribution in [2.75, 3.05) is 6.54 Å². The van der Waals surface area contributed by atoms with Crippen LogP contribution in [0.1, 0.15) is 66.7 Å². The van der Waals surface area contributed by atoms with Crippen LogP contribution in [0.4, 0.5) is 0 Å². The molecule has 1 amide bonds. The maximum Gasteiger partial charge on any atom is 0.220 e. The van der Waals surface area contributed by atoms with E-state index in [1.54, 1.807) is 0 Å². The Kier molecular flexibility index (Phi) is 9.94. The zero-order valence-electron chi connectivity index (χ0n) is 13.5. The minimum Gasteiger partial charge on any atom is -0.354 e. The van der Waals surface area contributed by atoms with E-state index in [9.17, 15) is 4.79 Å². The lowest BCUT2D eigenvalue weighted by Gasteiger charge is -2.21. The van der Waals surface area contributed by atoms with E-state index in [4.69, 9.17) is 5.73 Å². The molecule has 3 heteroatoms. The molecule has 114 valence electrons. The molecule has 0 radical (unpaired) electrons. The summed E-state index contributed by atoms with van der Waals surface area (Å²) in [4.78, 5) is 11.9. The Morgan fingerprint density at radius 3 is 2.26 bits per heavy atom. The fraction of sp³-hybridized carbons (Fsp3) is 0.938. The highest BCUT2D eigenvalue weighted by atomic mass is 16.1. The molecule has 0 spiro atoms. The molecule has 0 aromatic rings. The average Bonchev–Trinajstić information content (AvgIpc) is 2.33. The van der Waals surface area contributed by atoms with Crippen molar-refractivity contribution in [1.29, 1.82) is 0 Å². The first-order valence-electron chi connectivity index (χ1n) is 7.90. The lowest BCUT2D eigenvalue weighted by atomic mass is 9.88. The molecule has 3 nitrogen and oxygen atoms in total. The maximum absolute atomic E-state index is 11.9. The molecule has 0 aliphatic rings. The van der Waals surface area contributed by atoms with Gasteiger partial charge in [-0.3, -0.25) is 4.79 Å². The van der Waals surface area contributed by atoms with Gasteiger partial charge in [-0.15, -0.1) is 0 Å². The number of hydrogen-bond donors (Lipinski definition) is 2. The number of carbonyl (C=O) groups excluding carboxylic acids is 1. The van der Waals surface area contributed by atoms with Crippen LogP contribution in [-0.4, -0.2) is 18.5 Å². The summed E-state index contributed by atoms with van der Waals surface area (Å²) in [6, 6.07) is 0.287. The van der Waals surface area contributed by atoms with Gasteiger partial charge in [-0.2, -0.15) is 0 Å². The Labute approximate surface area is 119 Å². The van der Waals surface area contributed by atoms with E-state index >= 15 is 0 Å². The fourth-order valence-corrected chi connectivity index (χ4v) is 2.52. The van der Waals surface area contributed by atoms with Crippen molar-refractivity contribution in [3.05, 3.63) is 0 Å². The SMILES string of the molecule is CCC(C)CC(C)NC(=O)CCC(CCN)C(C)C. The molecular weight excluding hydrogens is 236 g/mol. The molecule has 0 heterocycles. The Morgan fingerprint density at radius 1 is 1.16 bits per heavy atom. The van der Waals surface area contributed by atoms with E-state index in [2.05, 4.69) is 39.9 Å². The number of carbonyl (C=O) groups is 1. The van der Waals surface area contributed by atoms with Crippen molar-refractivity contribution in [3.63, 3.8) is 0 Å². The van der Waals surface area contributed by atoms with Gasteiger partial charge in [0.05, 0.1) is 0 Å². The summed E-state index contributed by atoms with van der Waals surface area (Å²) in [7, 11) is 0. The van der Waals surface area contributed by atoms with Gasteiger partial charge in [0.1, 0.15) is 0 Å². The molecule has 0 aliphatic heterocycles. The van der Waals surface area contributed by atoms with Crippen LogP contribution in [0.25, 0.3) is 0 Å². The van der Waals surface area contributed by atoms with E-state index in [-0.39, 0.29) is 11.9 Å². The molecule has 0 rings (SSSR count). The van der Waals surface area contributed by atoms with Gasteiger partial charge >= 0.3 is 0 Å². The number of amides is 1. The Morgan fingerprint density at radius 2 is 1.79 bits per heavy atom. The second-order valence-electron chi connectivity index (χ2n) is 6.34. The summed E-state index contributed by atoms with van der Waals surface area (Å²) in [5.41, 5.74) is 5.62. The van der Waals surface area contributed by atoms with E-state index < -0.39 is 0 Å². The molecule has 0 saturated carbocycles. The van der Waals surface area contributed by atoms with Crippen molar-refractivity contribution in [2.45, 2.75) is 72.8 Å². The van der Waals surface area contributed by atoms with Gasteiger partial charge in [0, 0.05) is 12.5 Å². The molecule has 0 aromatic carbocycles. The zero-order valence-corrected chi connectivity index (χ0v) is 13.5. The van der Waals surface area contributed by atoms with Gasteiger partial charge in [0.2, 0.25) is 5.91 Å². The minimum atomic E-state index is 0.193. The van der Waals surface area contributed by atoms with Crippen LogP contribution in [0, 0.1) is 17.8 Å². The highest BCUT2D eigenvalue weighted by molar-refractivity contribution is 5.76. The monoisotopic (exact) mass is 270 g/mol. The summed E-state index contributed by atoms with van der Waals surface area (Å²) in [6.07, 6.45) is 4.85. The van der Waals surface area contributed by atoms with Crippen LogP contribution >= 0.6 is 0 Å². The topological polar surface area (TPSA) is 55.1 Å². The van der Waals surface area contributed by atoms with Crippen molar-refractivity contribution in [2.24, 2.45) is 23.5 Å². The third-order valence-electron chi connectivity index (χ3n) is 4.08. The first-order chi connectivity index (χ1) is 8.90. The third-order valence-corrected chi connectivity index (χ3v) is 4.08. The second-order valence-corrected chi connectivity index (χ2v) is 6.34. The number of hydrogen-bond acceptors (Lipinski definition) is 2. The van der Waals surface area contributed by atoms with Crippen LogP contribution in [0.3, 0.4) is 0 Å². The summed E-state index contributed by atoms with van der Waals surface area (Å²) in [6.45, 7) is 11.7. The predicted molar refractivity (Wildman–Crippen MR) is 82.9 cm³/mol. The third kappa shape index (κ3) is 9.04. The Balaban J connectivity index is 3.96. The molecule has 0 aromatic heterocycles. The van der Waals surface area contributed by atoms with E-state index in [1.165, 1.54) is 6.42 Å². The predicted octanol–water partition coefficient (Wildman–Crippen LogP) is 3.33. The molecule has 3 N–H and O–H groups in total. The van der Waals surface area contributed by atoms with E-state index in [1.807, 2.05) is 0 Å². The van der Waals surface area contributed by atoms with Crippen LogP contribution in [0.15, 0.2) is 0 Å². The molecule has 0 aliphatic carbocycles. The van der Waals surface area contributed by atoms with Crippen LogP contribution in [0.5, 0.6) is 0 Å². The van der Waals surface area contributed by atoms with E-state index in [0.29, 0.717) is 24.2 Å². The quantitative estimate of drug-likeness (QED) is 0.640. The normalized spacial score (nSPS) is 16.2. The minimum absolute atomic E-state index is 0.193. The van der Waals surface area contributed by atoms with Crippen LogP contribution < -0.4 is 11.1 Å². The number of nitrogens with two attached hydrogens (primary N) is 1. The molecule has 3 atom stereocenters. The summed E-state index contributed by atoms with van der Waals surface area (Å²) >= 11 is 0.